The number of anilines is 3. The molecule has 0 amide bonds. The van der Waals surface area contributed by atoms with Crippen molar-refractivity contribution in [3.8, 4) is 0 Å². The van der Waals surface area contributed by atoms with Crippen LogP contribution in [0.1, 0.15) is 17.3 Å². The summed E-state index contributed by atoms with van der Waals surface area (Å²) < 4.78 is 5.39. The van der Waals surface area contributed by atoms with Gasteiger partial charge in [-0.15, -0.1) is 0 Å². The van der Waals surface area contributed by atoms with Crippen molar-refractivity contribution in [2.24, 2.45) is 0 Å². The van der Waals surface area contributed by atoms with Crippen LogP contribution < -0.4 is 11.1 Å². The van der Waals surface area contributed by atoms with Crippen LogP contribution in [0.25, 0.3) is 21.9 Å². The molecule has 0 saturated carbocycles. The first-order chi connectivity index (χ1) is 11.6. The number of aromatic nitrogens is 2. The summed E-state index contributed by atoms with van der Waals surface area (Å²) in [5.41, 5.74) is 8.79. The van der Waals surface area contributed by atoms with Gasteiger partial charge in [-0.05, 0) is 43.3 Å². The molecular weight excluding hydrogens is 304 g/mol. The smallest absolute Gasteiger partial charge is 0.182 e. The number of rotatable bonds is 3. The third kappa shape index (κ3) is 2.25. The lowest BCUT2D eigenvalue weighted by atomic mass is 10.1. The van der Waals surface area contributed by atoms with E-state index in [0.717, 1.165) is 16.6 Å². The molecule has 0 spiro atoms. The van der Waals surface area contributed by atoms with Gasteiger partial charge in [0, 0.05) is 16.6 Å². The molecule has 4 rings (SSSR count). The lowest BCUT2D eigenvalue weighted by Crippen LogP contribution is -1.98. The maximum absolute atomic E-state index is 11.4. The van der Waals surface area contributed by atoms with Gasteiger partial charge in [0.15, 0.2) is 17.2 Å². The van der Waals surface area contributed by atoms with Crippen molar-refractivity contribution < 1.29 is 9.32 Å². The van der Waals surface area contributed by atoms with Crippen LogP contribution in [0.4, 0.5) is 17.3 Å². The fourth-order valence-corrected chi connectivity index (χ4v) is 2.67. The monoisotopic (exact) mass is 318 g/mol. The maximum atomic E-state index is 11.4. The number of Topliss-reactive ketones (excluding diaryl/α,β-unsaturated/α-hetero) is 1. The van der Waals surface area contributed by atoms with Crippen LogP contribution in [-0.2, 0) is 0 Å². The van der Waals surface area contributed by atoms with E-state index in [1.54, 1.807) is 12.1 Å². The highest BCUT2D eigenvalue weighted by Crippen LogP contribution is 2.34. The van der Waals surface area contributed by atoms with Gasteiger partial charge in [0.05, 0.1) is 5.52 Å². The Kier molecular flexibility index (Phi) is 3.16. The van der Waals surface area contributed by atoms with Crippen LogP contribution in [0.2, 0.25) is 0 Å². The molecule has 0 aliphatic rings. The summed E-state index contributed by atoms with van der Waals surface area (Å²) in [7, 11) is 0. The second-order valence-electron chi connectivity index (χ2n) is 5.51. The zero-order chi connectivity index (χ0) is 16.7. The Bertz CT molecular complexity index is 1070. The number of carbonyl (C=O) groups is 1. The summed E-state index contributed by atoms with van der Waals surface area (Å²) in [6.45, 7) is 1.54. The van der Waals surface area contributed by atoms with Gasteiger partial charge in [-0.3, -0.25) is 4.79 Å². The van der Waals surface area contributed by atoms with Gasteiger partial charge in [0.25, 0.3) is 0 Å². The Hall–Kier alpha value is -3.41. The Morgan fingerprint density at radius 3 is 2.62 bits per heavy atom. The predicted molar refractivity (Wildman–Crippen MR) is 93.5 cm³/mol. The number of para-hydroxylation sites is 1. The van der Waals surface area contributed by atoms with Crippen molar-refractivity contribution in [1.82, 2.24) is 10.1 Å². The fourth-order valence-electron chi connectivity index (χ4n) is 2.67. The second kappa shape index (κ2) is 5.34. The first kappa shape index (κ1) is 14.2. The third-order valence-corrected chi connectivity index (χ3v) is 3.89. The van der Waals surface area contributed by atoms with E-state index in [9.17, 15) is 4.79 Å². The number of nitrogens with one attached hydrogen (secondary N) is 1. The van der Waals surface area contributed by atoms with E-state index in [1.165, 1.54) is 6.92 Å². The van der Waals surface area contributed by atoms with Crippen molar-refractivity contribution in [1.29, 1.82) is 0 Å². The number of nitrogen functional groups attached to an aromatic ring is 1. The molecule has 0 atom stereocenters. The molecule has 0 saturated heterocycles. The SMILES string of the molecule is CC(=O)c1ccc(Nc2nc3ccccc3c3onc(N)c23)cc1. The molecule has 0 unspecified atom stereocenters. The summed E-state index contributed by atoms with van der Waals surface area (Å²) in [6.07, 6.45) is 0. The standard InChI is InChI=1S/C18H14N4O2/c1-10(23)11-6-8-12(9-7-11)20-18-15-16(24-22-17(15)19)13-4-2-3-5-14(13)21-18/h2-9H,1H3,(H2,19,22)(H,20,21). The number of ketones is 1. The van der Waals surface area contributed by atoms with Crippen LogP contribution in [0.3, 0.4) is 0 Å². The van der Waals surface area contributed by atoms with Crippen LogP contribution in [0.15, 0.2) is 53.1 Å². The van der Waals surface area contributed by atoms with E-state index in [2.05, 4.69) is 15.5 Å². The van der Waals surface area contributed by atoms with Crippen LogP contribution in [0, 0.1) is 0 Å². The molecule has 0 radical (unpaired) electrons. The highest BCUT2D eigenvalue weighted by molar-refractivity contribution is 6.11. The average molecular weight is 318 g/mol. The van der Waals surface area contributed by atoms with Crippen LogP contribution in [-0.4, -0.2) is 15.9 Å². The minimum absolute atomic E-state index is 0.0241. The first-order valence-corrected chi connectivity index (χ1v) is 7.45. The van der Waals surface area contributed by atoms with E-state index in [0.29, 0.717) is 22.4 Å². The van der Waals surface area contributed by atoms with E-state index < -0.39 is 0 Å². The zero-order valence-corrected chi connectivity index (χ0v) is 12.9. The number of fused-ring (bicyclic) bond motifs is 3. The number of hydrogen-bond donors (Lipinski definition) is 2. The third-order valence-electron chi connectivity index (χ3n) is 3.89. The Morgan fingerprint density at radius 1 is 1.12 bits per heavy atom. The number of nitrogens with two attached hydrogens (primary N) is 1. The average Bonchev–Trinajstić information content (AvgIpc) is 2.98. The molecule has 3 N–H and O–H groups in total. The number of hydrogen-bond acceptors (Lipinski definition) is 6. The number of nitrogens with zero attached hydrogens (tertiary/aromatic N) is 2. The molecule has 2 heterocycles. The summed E-state index contributed by atoms with van der Waals surface area (Å²) in [4.78, 5) is 16.0. The van der Waals surface area contributed by atoms with Crippen molar-refractivity contribution in [2.75, 3.05) is 11.1 Å². The Labute approximate surface area is 137 Å². The van der Waals surface area contributed by atoms with Gasteiger partial charge >= 0.3 is 0 Å². The highest BCUT2D eigenvalue weighted by atomic mass is 16.5. The number of pyridine rings is 1. The molecule has 118 valence electrons. The molecule has 4 aromatic rings. The quantitative estimate of drug-likeness (QED) is 0.556. The molecular formula is C18H14N4O2. The van der Waals surface area contributed by atoms with Crippen molar-refractivity contribution in [2.45, 2.75) is 6.92 Å². The van der Waals surface area contributed by atoms with Gasteiger partial charge in [0.1, 0.15) is 11.2 Å². The fraction of sp³-hybridized carbons (Fsp3) is 0.0556. The molecule has 0 bridgehead atoms. The molecule has 24 heavy (non-hydrogen) atoms. The molecule has 2 aromatic carbocycles. The van der Waals surface area contributed by atoms with Crippen LogP contribution >= 0.6 is 0 Å². The minimum Gasteiger partial charge on any atom is -0.380 e. The van der Waals surface area contributed by atoms with Gasteiger partial charge in [0.2, 0.25) is 0 Å². The largest absolute Gasteiger partial charge is 0.380 e. The van der Waals surface area contributed by atoms with Gasteiger partial charge in [-0.1, -0.05) is 17.3 Å². The Morgan fingerprint density at radius 2 is 1.88 bits per heavy atom. The lowest BCUT2D eigenvalue weighted by molar-refractivity contribution is 0.101. The van der Waals surface area contributed by atoms with E-state index in [1.807, 2.05) is 36.4 Å². The molecule has 6 heteroatoms. The number of benzene rings is 2. The van der Waals surface area contributed by atoms with E-state index in [-0.39, 0.29) is 11.6 Å². The molecule has 0 fully saturated rings. The van der Waals surface area contributed by atoms with Crippen molar-refractivity contribution >= 4 is 45.0 Å². The number of carbonyl (C=O) groups excluding carboxylic acids is 1. The summed E-state index contributed by atoms with van der Waals surface area (Å²) in [5, 5.41) is 8.59. The summed E-state index contributed by atoms with van der Waals surface area (Å²) in [5.74, 6) is 0.875. The predicted octanol–water partition coefficient (Wildman–Crippen LogP) is 3.90. The second-order valence-corrected chi connectivity index (χ2v) is 5.51. The zero-order valence-electron chi connectivity index (χ0n) is 12.9. The van der Waals surface area contributed by atoms with Crippen molar-refractivity contribution in [3.05, 3.63) is 54.1 Å². The maximum Gasteiger partial charge on any atom is 0.182 e. The topological polar surface area (TPSA) is 94.0 Å². The van der Waals surface area contributed by atoms with Crippen LogP contribution in [0.5, 0.6) is 0 Å². The Balaban J connectivity index is 1.85. The minimum atomic E-state index is 0.0241. The highest BCUT2D eigenvalue weighted by Gasteiger charge is 2.16. The summed E-state index contributed by atoms with van der Waals surface area (Å²) in [6, 6.07) is 14.8. The van der Waals surface area contributed by atoms with Gasteiger partial charge < -0.3 is 15.6 Å². The normalized spacial score (nSPS) is 11.0. The van der Waals surface area contributed by atoms with E-state index >= 15 is 0 Å². The molecule has 0 aliphatic carbocycles. The molecule has 2 aromatic heterocycles. The van der Waals surface area contributed by atoms with Crippen molar-refractivity contribution in [3.63, 3.8) is 0 Å². The first-order valence-electron chi connectivity index (χ1n) is 7.45. The summed E-state index contributed by atoms with van der Waals surface area (Å²) >= 11 is 0. The molecule has 6 nitrogen and oxygen atoms in total. The lowest BCUT2D eigenvalue weighted by Gasteiger charge is -2.09. The van der Waals surface area contributed by atoms with Gasteiger partial charge in [-0.25, -0.2) is 4.98 Å². The molecule has 0 aliphatic heterocycles. The van der Waals surface area contributed by atoms with E-state index in [4.69, 9.17) is 10.3 Å². The van der Waals surface area contributed by atoms with Gasteiger partial charge in [-0.2, -0.15) is 0 Å².